The predicted molar refractivity (Wildman–Crippen MR) is 111 cm³/mol. The van der Waals surface area contributed by atoms with Crippen LogP contribution in [0.2, 0.25) is 0 Å². The number of anilines is 1. The van der Waals surface area contributed by atoms with Gasteiger partial charge < -0.3 is 15.2 Å². The van der Waals surface area contributed by atoms with E-state index in [9.17, 15) is 41.4 Å². The van der Waals surface area contributed by atoms with Gasteiger partial charge in [-0.05, 0) is 38.1 Å². The zero-order chi connectivity index (χ0) is 26.1. The van der Waals surface area contributed by atoms with E-state index in [0.717, 1.165) is 41.0 Å². The molecule has 0 fully saturated rings. The van der Waals surface area contributed by atoms with Crippen LogP contribution in [0.5, 0.6) is 5.75 Å². The van der Waals surface area contributed by atoms with Crippen molar-refractivity contribution < 1.29 is 41.4 Å². The van der Waals surface area contributed by atoms with Crippen molar-refractivity contribution in [3.05, 3.63) is 69.9 Å². The van der Waals surface area contributed by atoms with Crippen molar-refractivity contribution in [2.45, 2.75) is 32.7 Å². The molecule has 1 atom stereocenters. The molecule has 0 radical (unpaired) electrons. The number of nitrogens with one attached hydrogen (secondary N) is 1. The van der Waals surface area contributed by atoms with E-state index in [1.54, 1.807) is 0 Å². The van der Waals surface area contributed by atoms with Crippen LogP contribution in [0.1, 0.15) is 34.8 Å². The molecule has 3 rings (SSSR count). The molecule has 0 aliphatic rings. The van der Waals surface area contributed by atoms with E-state index >= 15 is 0 Å². The van der Waals surface area contributed by atoms with Crippen LogP contribution in [0, 0.1) is 11.6 Å². The van der Waals surface area contributed by atoms with E-state index in [4.69, 9.17) is 4.74 Å². The molecule has 0 bridgehead atoms. The predicted octanol–water partition coefficient (Wildman–Crippen LogP) is 3.61. The second-order valence-electron chi connectivity index (χ2n) is 7.10. The fraction of sp³-hybridized carbons (Fsp3) is 0.238. The number of ether oxygens (including phenoxy) is 1. The van der Waals surface area contributed by atoms with E-state index in [1.807, 2.05) is 5.32 Å². The molecule has 0 saturated heterocycles. The number of halogens is 5. The monoisotopic (exact) mass is 500 g/mol. The summed E-state index contributed by atoms with van der Waals surface area (Å²) in [5, 5.41) is 14.9. The Bertz CT molecular complexity index is 1330. The van der Waals surface area contributed by atoms with Crippen molar-refractivity contribution in [1.82, 2.24) is 14.3 Å². The highest BCUT2D eigenvalue weighted by molar-refractivity contribution is 6.06. The Morgan fingerprint density at radius 3 is 2.31 bits per heavy atom. The van der Waals surface area contributed by atoms with Crippen LogP contribution in [0.25, 0.3) is 5.69 Å². The quantitative estimate of drug-likeness (QED) is 0.479. The Hall–Kier alpha value is -4.23. The standard InChI is InChI=1S/C21H17F5N4O5/c1-3-29-17(19(32)33)28-30(20(29)34)11-7-8-12(15(9-11)35-10(2)21(24,25)26)18(31)27-16-13(22)5-4-6-14(16)23/h4-10H,3H2,1-2H3,(H,27,31)(H,32,33). The highest BCUT2D eigenvalue weighted by Crippen LogP contribution is 2.30. The van der Waals surface area contributed by atoms with Crippen LogP contribution in [0.4, 0.5) is 27.6 Å². The molecule has 2 aromatic carbocycles. The lowest BCUT2D eigenvalue weighted by Gasteiger charge is -2.20. The van der Waals surface area contributed by atoms with Gasteiger partial charge in [0, 0.05) is 12.6 Å². The van der Waals surface area contributed by atoms with Gasteiger partial charge in [-0.2, -0.15) is 17.9 Å². The number of carboxylic acid groups (broad SMARTS) is 1. The Kier molecular flexibility index (Phi) is 6.94. The summed E-state index contributed by atoms with van der Waals surface area (Å²) in [6.45, 7) is 2.07. The lowest BCUT2D eigenvalue weighted by atomic mass is 10.1. The molecular weight excluding hydrogens is 483 g/mol. The Balaban J connectivity index is 2.11. The molecule has 35 heavy (non-hydrogen) atoms. The molecule has 0 aliphatic heterocycles. The maximum Gasteiger partial charge on any atom is 0.425 e. The minimum atomic E-state index is -4.85. The van der Waals surface area contributed by atoms with Gasteiger partial charge in [-0.3, -0.25) is 9.36 Å². The third kappa shape index (κ3) is 5.15. The van der Waals surface area contributed by atoms with Gasteiger partial charge in [-0.1, -0.05) is 6.07 Å². The van der Waals surface area contributed by atoms with E-state index < -0.39 is 64.3 Å². The molecule has 9 nitrogen and oxygen atoms in total. The summed E-state index contributed by atoms with van der Waals surface area (Å²) in [6.07, 6.45) is -7.27. The molecule has 1 heterocycles. The molecule has 186 valence electrons. The molecule has 0 aliphatic carbocycles. The molecule has 14 heteroatoms. The molecule has 1 unspecified atom stereocenters. The number of nitrogens with zero attached hydrogens (tertiary/aromatic N) is 3. The summed E-state index contributed by atoms with van der Waals surface area (Å²) >= 11 is 0. The van der Waals surface area contributed by atoms with Crippen molar-refractivity contribution in [2.75, 3.05) is 5.32 Å². The molecule has 0 spiro atoms. The van der Waals surface area contributed by atoms with Crippen molar-refractivity contribution in [2.24, 2.45) is 0 Å². The topological polar surface area (TPSA) is 115 Å². The van der Waals surface area contributed by atoms with Crippen LogP contribution in [0.15, 0.2) is 41.2 Å². The van der Waals surface area contributed by atoms with E-state index in [1.165, 1.54) is 6.92 Å². The first-order chi connectivity index (χ1) is 16.3. The number of alkyl halides is 3. The average molecular weight is 500 g/mol. The summed E-state index contributed by atoms with van der Waals surface area (Å²) in [6, 6.07) is 5.66. The smallest absolute Gasteiger partial charge is 0.425 e. The molecule has 3 aromatic rings. The molecule has 1 aromatic heterocycles. The zero-order valence-electron chi connectivity index (χ0n) is 18.1. The fourth-order valence-corrected chi connectivity index (χ4v) is 2.99. The van der Waals surface area contributed by atoms with Crippen molar-refractivity contribution in [3.63, 3.8) is 0 Å². The van der Waals surface area contributed by atoms with Gasteiger partial charge in [0.1, 0.15) is 23.1 Å². The maximum absolute atomic E-state index is 13.9. The molecule has 0 saturated carbocycles. The van der Waals surface area contributed by atoms with Gasteiger partial charge in [-0.15, -0.1) is 5.10 Å². The van der Waals surface area contributed by atoms with Gasteiger partial charge >= 0.3 is 17.8 Å². The van der Waals surface area contributed by atoms with Gasteiger partial charge in [0.2, 0.25) is 5.82 Å². The van der Waals surface area contributed by atoms with Crippen LogP contribution in [-0.4, -0.2) is 43.6 Å². The number of rotatable bonds is 7. The minimum Gasteiger partial charge on any atom is -0.480 e. The number of hydrogen-bond acceptors (Lipinski definition) is 5. The lowest BCUT2D eigenvalue weighted by molar-refractivity contribution is -0.189. The number of aromatic carboxylic acids is 1. The highest BCUT2D eigenvalue weighted by atomic mass is 19.4. The van der Waals surface area contributed by atoms with Crippen LogP contribution in [-0.2, 0) is 6.54 Å². The van der Waals surface area contributed by atoms with Crippen molar-refractivity contribution in [1.29, 1.82) is 0 Å². The number of aromatic nitrogens is 3. The molecular formula is C21H17F5N4O5. The van der Waals surface area contributed by atoms with Crippen molar-refractivity contribution in [3.8, 4) is 11.4 Å². The second kappa shape index (κ2) is 9.56. The van der Waals surface area contributed by atoms with Gasteiger partial charge in [0.15, 0.2) is 6.10 Å². The van der Waals surface area contributed by atoms with Crippen molar-refractivity contribution >= 4 is 17.6 Å². The fourth-order valence-electron chi connectivity index (χ4n) is 2.99. The Morgan fingerprint density at radius 2 is 1.80 bits per heavy atom. The third-order valence-corrected chi connectivity index (χ3v) is 4.79. The first-order valence-corrected chi connectivity index (χ1v) is 9.91. The number of amides is 1. The Labute approximate surface area is 193 Å². The first-order valence-electron chi connectivity index (χ1n) is 9.91. The summed E-state index contributed by atoms with van der Waals surface area (Å²) in [5.74, 6) is -6.30. The second-order valence-corrected chi connectivity index (χ2v) is 7.10. The minimum absolute atomic E-state index is 0.0658. The zero-order valence-corrected chi connectivity index (χ0v) is 18.1. The van der Waals surface area contributed by atoms with Gasteiger partial charge in [-0.25, -0.2) is 18.4 Å². The average Bonchev–Trinajstić information content (AvgIpc) is 3.12. The van der Waals surface area contributed by atoms with Gasteiger partial charge in [0.25, 0.3) is 5.91 Å². The number of para-hydroxylation sites is 1. The van der Waals surface area contributed by atoms with Crippen LogP contribution < -0.4 is 15.7 Å². The number of carboxylic acids is 1. The SMILES string of the molecule is CCn1c(C(=O)O)nn(-c2ccc(C(=O)Nc3c(F)cccc3F)c(OC(C)C(F)(F)F)c2)c1=O. The van der Waals surface area contributed by atoms with E-state index in [-0.39, 0.29) is 12.2 Å². The first kappa shape index (κ1) is 25.4. The number of hydrogen-bond donors (Lipinski definition) is 2. The highest BCUT2D eigenvalue weighted by Gasteiger charge is 2.39. The van der Waals surface area contributed by atoms with Crippen LogP contribution in [0.3, 0.4) is 0 Å². The normalized spacial score (nSPS) is 12.3. The summed E-state index contributed by atoms with van der Waals surface area (Å²) in [4.78, 5) is 36.7. The molecule has 2 N–H and O–H groups in total. The number of carbonyl (C=O) groups excluding carboxylic acids is 1. The van der Waals surface area contributed by atoms with Gasteiger partial charge in [0.05, 0.1) is 11.3 Å². The number of benzene rings is 2. The number of carbonyl (C=O) groups is 2. The summed E-state index contributed by atoms with van der Waals surface area (Å²) < 4.78 is 73.6. The van der Waals surface area contributed by atoms with E-state index in [0.29, 0.717) is 11.6 Å². The third-order valence-electron chi connectivity index (χ3n) is 4.79. The summed E-state index contributed by atoms with van der Waals surface area (Å²) in [5.41, 5.74) is -2.51. The largest absolute Gasteiger partial charge is 0.480 e. The van der Waals surface area contributed by atoms with E-state index in [2.05, 4.69) is 5.10 Å². The lowest BCUT2D eigenvalue weighted by Crippen LogP contribution is -2.32. The maximum atomic E-state index is 13.9. The summed E-state index contributed by atoms with van der Waals surface area (Å²) in [7, 11) is 0. The molecule has 1 amide bonds. The Morgan fingerprint density at radius 1 is 1.17 bits per heavy atom. The van der Waals surface area contributed by atoms with Crippen LogP contribution >= 0.6 is 0 Å².